The summed E-state index contributed by atoms with van der Waals surface area (Å²) in [6.07, 6.45) is 1.78. The number of hydrogen-bond donors (Lipinski definition) is 1. The second kappa shape index (κ2) is 3.30. The van der Waals surface area contributed by atoms with Crippen LogP contribution >= 0.6 is 15.9 Å². The molecule has 0 aliphatic carbocycles. The van der Waals surface area contributed by atoms with E-state index >= 15 is 0 Å². The van der Waals surface area contributed by atoms with Crippen LogP contribution in [-0.4, -0.2) is 6.73 Å². The monoisotopic (exact) mass is 240 g/mol. The molecule has 1 aliphatic heterocycles. The van der Waals surface area contributed by atoms with Crippen LogP contribution in [0.3, 0.4) is 0 Å². The molecule has 4 heteroatoms. The Morgan fingerprint density at radius 3 is 2.54 bits per heavy atom. The predicted octanol–water partition coefficient (Wildman–Crippen LogP) is 2.00. The molecule has 1 aromatic rings. The van der Waals surface area contributed by atoms with E-state index in [4.69, 9.17) is 10.5 Å². The van der Waals surface area contributed by atoms with Gasteiger partial charge in [0.15, 0.2) is 6.73 Å². The average molecular weight is 241 g/mol. The lowest BCUT2D eigenvalue weighted by atomic mass is 10.3. The molecule has 0 bridgehead atoms. The third kappa shape index (κ3) is 1.78. The molecule has 13 heavy (non-hydrogen) atoms. The molecule has 0 aromatic heterocycles. The fourth-order valence-corrected chi connectivity index (χ4v) is 1.42. The lowest BCUT2D eigenvalue weighted by molar-refractivity contribution is 0.242. The minimum Gasteiger partial charge on any atom is -0.457 e. The van der Waals surface area contributed by atoms with Gasteiger partial charge in [0, 0.05) is 10.2 Å². The molecule has 3 nitrogen and oxygen atoms in total. The van der Waals surface area contributed by atoms with E-state index in [-0.39, 0.29) is 0 Å². The first kappa shape index (κ1) is 8.44. The van der Waals surface area contributed by atoms with Gasteiger partial charge >= 0.3 is 0 Å². The topological polar surface area (TPSA) is 38.5 Å². The van der Waals surface area contributed by atoms with Crippen LogP contribution < -0.4 is 10.6 Å². The molecule has 0 atom stereocenters. The normalized spacial score (nSPS) is 15.5. The molecule has 1 heterocycles. The number of ether oxygens (including phenoxy) is 1. The van der Waals surface area contributed by atoms with Gasteiger partial charge in [-0.2, -0.15) is 0 Å². The van der Waals surface area contributed by atoms with Crippen molar-refractivity contribution in [2.75, 3.05) is 11.6 Å². The number of nitrogens with zero attached hydrogens (tertiary/aromatic N) is 1. The first-order chi connectivity index (χ1) is 6.25. The zero-order valence-corrected chi connectivity index (χ0v) is 8.49. The third-order valence-electron chi connectivity index (χ3n) is 1.81. The SMILES string of the molecule is NC1=CN(c2ccc(Br)cc2)CO1. The Labute approximate surface area is 84.9 Å². The van der Waals surface area contributed by atoms with Gasteiger partial charge in [-0.15, -0.1) is 0 Å². The highest BCUT2D eigenvalue weighted by molar-refractivity contribution is 9.10. The van der Waals surface area contributed by atoms with E-state index in [0.29, 0.717) is 12.6 Å². The molecule has 68 valence electrons. The van der Waals surface area contributed by atoms with Crippen LogP contribution in [0.5, 0.6) is 0 Å². The maximum Gasteiger partial charge on any atom is 0.202 e. The lowest BCUT2D eigenvalue weighted by Gasteiger charge is -2.12. The van der Waals surface area contributed by atoms with Crippen molar-refractivity contribution in [3.05, 3.63) is 40.8 Å². The Bertz CT molecular complexity index is 334. The Kier molecular flexibility index (Phi) is 2.14. The minimum atomic E-state index is 0.461. The lowest BCUT2D eigenvalue weighted by Crippen LogP contribution is -2.12. The van der Waals surface area contributed by atoms with Crippen molar-refractivity contribution in [2.45, 2.75) is 0 Å². The quantitative estimate of drug-likeness (QED) is 0.817. The van der Waals surface area contributed by atoms with E-state index in [1.54, 1.807) is 6.20 Å². The molecule has 0 amide bonds. The molecule has 0 radical (unpaired) electrons. The third-order valence-corrected chi connectivity index (χ3v) is 2.34. The zero-order chi connectivity index (χ0) is 9.26. The van der Waals surface area contributed by atoms with Gasteiger partial charge in [0.2, 0.25) is 5.88 Å². The molecule has 2 N–H and O–H groups in total. The molecule has 0 spiro atoms. The maximum absolute atomic E-state index is 5.48. The van der Waals surface area contributed by atoms with Crippen LogP contribution in [0.1, 0.15) is 0 Å². The first-order valence-corrected chi connectivity index (χ1v) is 4.67. The minimum absolute atomic E-state index is 0.461. The van der Waals surface area contributed by atoms with E-state index in [1.807, 2.05) is 29.2 Å². The summed E-state index contributed by atoms with van der Waals surface area (Å²) in [5, 5.41) is 0. The number of anilines is 1. The fourth-order valence-electron chi connectivity index (χ4n) is 1.15. The second-order valence-corrected chi connectivity index (χ2v) is 3.67. The van der Waals surface area contributed by atoms with Gasteiger partial charge in [-0.25, -0.2) is 0 Å². The van der Waals surface area contributed by atoms with Crippen molar-refractivity contribution in [3.63, 3.8) is 0 Å². The summed E-state index contributed by atoms with van der Waals surface area (Å²) in [7, 11) is 0. The molecule has 0 saturated heterocycles. The summed E-state index contributed by atoms with van der Waals surface area (Å²) < 4.78 is 6.17. The standard InChI is InChI=1S/C9H9BrN2O/c10-7-1-3-8(4-2-7)12-5-9(11)13-6-12/h1-5H,6,11H2. The smallest absolute Gasteiger partial charge is 0.202 e. The van der Waals surface area contributed by atoms with Crippen LogP contribution in [0.2, 0.25) is 0 Å². The number of nitrogens with two attached hydrogens (primary N) is 1. The van der Waals surface area contributed by atoms with Crippen LogP contribution in [0, 0.1) is 0 Å². The van der Waals surface area contributed by atoms with Crippen molar-refractivity contribution in [1.82, 2.24) is 0 Å². The average Bonchev–Trinajstić information content (AvgIpc) is 2.53. The molecular formula is C9H9BrN2O. The Hall–Kier alpha value is -1.16. The number of halogens is 1. The van der Waals surface area contributed by atoms with E-state index in [1.165, 1.54) is 0 Å². The molecule has 1 aromatic carbocycles. The van der Waals surface area contributed by atoms with Gasteiger partial charge in [0.1, 0.15) is 0 Å². The number of hydrogen-bond acceptors (Lipinski definition) is 3. The van der Waals surface area contributed by atoms with Gasteiger partial charge in [0.25, 0.3) is 0 Å². The summed E-state index contributed by atoms with van der Waals surface area (Å²) in [5.74, 6) is 0.461. The van der Waals surface area contributed by atoms with E-state index in [9.17, 15) is 0 Å². The molecular weight excluding hydrogens is 232 g/mol. The van der Waals surface area contributed by atoms with Crippen molar-refractivity contribution < 1.29 is 4.74 Å². The largest absolute Gasteiger partial charge is 0.457 e. The van der Waals surface area contributed by atoms with Crippen LogP contribution in [0.15, 0.2) is 40.8 Å². The number of benzene rings is 1. The van der Waals surface area contributed by atoms with Gasteiger partial charge in [-0.3, -0.25) is 0 Å². The van der Waals surface area contributed by atoms with Gasteiger partial charge in [0.05, 0.1) is 6.20 Å². The molecule has 0 fully saturated rings. The number of rotatable bonds is 1. The predicted molar refractivity (Wildman–Crippen MR) is 54.8 cm³/mol. The molecule has 1 aliphatic rings. The van der Waals surface area contributed by atoms with Crippen molar-refractivity contribution >= 4 is 21.6 Å². The van der Waals surface area contributed by atoms with Gasteiger partial charge in [-0.05, 0) is 24.3 Å². The van der Waals surface area contributed by atoms with Crippen molar-refractivity contribution in [1.29, 1.82) is 0 Å². The van der Waals surface area contributed by atoms with Crippen molar-refractivity contribution in [2.24, 2.45) is 5.73 Å². The van der Waals surface area contributed by atoms with Gasteiger partial charge in [-0.1, -0.05) is 15.9 Å². The Morgan fingerprint density at radius 1 is 1.31 bits per heavy atom. The van der Waals surface area contributed by atoms with Crippen LogP contribution in [0.4, 0.5) is 5.69 Å². The van der Waals surface area contributed by atoms with Crippen LogP contribution in [0.25, 0.3) is 0 Å². The highest BCUT2D eigenvalue weighted by Gasteiger charge is 2.11. The Balaban J connectivity index is 2.22. The second-order valence-electron chi connectivity index (χ2n) is 2.75. The fraction of sp³-hybridized carbons (Fsp3) is 0.111. The summed E-state index contributed by atoms with van der Waals surface area (Å²) in [6.45, 7) is 0.494. The van der Waals surface area contributed by atoms with Gasteiger partial charge < -0.3 is 15.4 Å². The van der Waals surface area contributed by atoms with Crippen molar-refractivity contribution in [3.8, 4) is 0 Å². The maximum atomic E-state index is 5.48. The first-order valence-electron chi connectivity index (χ1n) is 3.88. The zero-order valence-electron chi connectivity index (χ0n) is 6.90. The summed E-state index contributed by atoms with van der Waals surface area (Å²) >= 11 is 3.38. The highest BCUT2D eigenvalue weighted by atomic mass is 79.9. The summed E-state index contributed by atoms with van der Waals surface area (Å²) in [5.41, 5.74) is 6.55. The highest BCUT2D eigenvalue weighted by Crippen LogP contribution is 2.21. The molecule has 0 saturated carbocycles. The van der Waals surface area contributed by atoms with E-state index in [2.05, 4.69) is 15.9 Å². The Morgan fingerprint density at radius 2 is 2.00 bits per heavy atom. The van der Waals surface area contributed by atoms with Crippen LogP contribution in [-0.2, 0) is 4.74 Å². The van der Waals surface area contributed by atoms with E-state index < -0.39 is 0 Å². The molecule has 0 unspecified atom stereocenters. The summed E-state index contributed by atoms with van der Waals surface area (Å²) in [4.78, 5) is 1.95. The van der Waals surface area contributed by atoms with E-state index in [0.717, 1.165) is 10.2 Å². The summed E-state index contributed by atoms with van der Waals surface area (Å²) in [6, 6.07) is 7.97. The molecule has 2 rings (SSSR count).